The van der Waals surface area contributed by atoms with Crippen LogP contribution in [-0.4, -0.2) is 5.91 Å². The lowest BCUT2D eigenvalue weighted by Crippen LogP contribution is -2.13. The van der Waals surface area contributed by atoms with Gasteiger partial charge in [-0.25, -0.2) is 0 Å². The molecular weight excluding hydrogens is 472 g/mol. The molecule has 1 aromatic heterocycles. The van der Waals surface area contributed by atoms with E-state index >= 15 is 0 Å². The number of anilines is 1. The Bertz CT molecular complexity index is 1080. The fraction of sp³-hybridized carbons (Fsp3) is 0.0909. The van der Waals surface area contributed by atoms with Gasteiger partial charge in [0.25, 0.3) is 5.91 Å². The van der Waals surface area contributed by atoms with E-state index in [1.807, 2.05) is 42.5 Å². The monoisotopic (exact) mass is 486 g/mol. The first kappa shape index (κ1) is 21.3. The number of rotatable bonds is 6. The van der Waals surface area contributed by atoms with Crippen molar-refractivity contribution in [2.45, 2.75) is 23.3 Å². The average molecular weight is 488 g/mol. The zero-order valence-corrected chi connectivity index (χ0v) is 18.6. The van der Waals surface area contributed by atoms with Gasteiger partial charge in [-0.3, -0.25) is 4.79 Å². The summed E-state index contributed by atoms with van der Waals surface area (Å²) in [6.07, 6.45) is 2.34. The molecule has 1 amide bonds. The smallest absolute Gasteiger partial charge is 0.266 e. The number of hydrogen-bond donors (Lipinski definition) is 1. The summed E-state index contributed by atoms with van der Waals surface area (Å²) in [4.78, 5) is 13.4. The van der Waals surface area contributed by atoms with Crippen molar-refractivity contribution in [1.29, 1.82) is 5.26 Å². The van der Waals surface area contributed by atoms with Gasteiger partial charge in [-0.15, -0.1) is 0 Å². The highest BCUT2D eigenvalue weighted by Crippen LogP contribution is 2.36. The molecule has 0 aliphatic rings. The van der Waals surface area contributed by atoms with E-state index in [2.05, 4.69) is 28.2 Å². The zero-order chi connectivity index (χ0) is 20.8. The van der Waals surface area contributed by atoms with Crippen molar-refractivity contribution in [2.75, 3.05) is 5.32 Å². The number of halogens is 2. The molecule has 0 unspecified atom stereocenters. The second-order valence-electron chi connectivity index (χ2n) is 6.01. The molecule has 0 bridgehead atoms. The fourth-order valence-corrected chi connectivity index (χ4v) is 3.89. The standard InChI is InChI=1S/C22H16BrClN2O2S/c1-2-14-3-7-17(8-4-14)26-21(27)15(13-25)11-18-12-20(23)22(28-18)29-19-9-5-16(24)6-10-19/h3-12H,2H2,1H3,(H,26,27)/b15-11-. The highest BCUT2D eigenvalue weighted by atomic mass is 79.9. The molecule has 3 rings (SSSR count). The van der Waals surface area contributed by atoms with E-state index in [0.29, 0.717) is 21.6 Å². The lowest BCUT2D eigenvalue weighted by atomic mass is 10.1. The topological polar surface area (TPSA) is 66.0 Å². The first-order chi connectivity index (χ1) is 14.0. The third-order valence-corrected chi connectivity index (χ3v) is 6.07. The lowest BCUT2D eigenvalue weighted by molar-refractivity contribution is -0.112. The van der Waals surface area contributed by atoms with Crippen LogP contribution in [0.3, 0.4) is 0 Å². The minimum absolute atomic E-state index is 0.0474. The molecule has 0 atom stereocenters. The van der Waals surface area contributed by atoms with Crippen LogP contribution in [0.5, 0.6) is 0 Å². The Morgan fingerprint density at radius 1 is 1.24 bits per heavy atom. The second kappa shape index (κ2) is 9.84. The molecule has 0 saturated carbocycles. The van der Waals surface area contributed by atoms with E-state index in [9.17, 15) is 10.1 Å². The summed E-state index contributed by atoms with van der Waals surface area (Å²) >= 11 is 10.8. The van der Waals surface area contributed by atoms with Crippen LogP contribution in [0.2, 0.25) is 5.02 Å². The van der Waals surface area contributed by atoms with E-state index < -0.39 is 5.91 Å². The molecule has 0 saturated heterocycles. The van der Waals surface area contributed by atoms with Crippen LogP contribution in [0.15, 0.2) is 79.0 Å². The Morgan fingerprint density at radius 3 is 2.55 bits per heavy atom. The van der Waals surface area contributed by atoms with Gasteiger partial charge in [-0.05, 0) is 70.4 Å². The number of aryl methyl sites for hydroxylation is 1. The Balaban J connectivity index is 1.75. The van der Waals surface area contributed by atoms with Crippen LogP contribution < -0.4 is 5.32 Å². The van der Waals surface area contributed by atoms with Crippen LogP contribution in [0, 0.1) is 11.3 Å². The lowest BCUT2D eigenvalue weighted by Gasteiger charge is -2.05. The molecule has 146 valence electrons. The third kappa shape index (κ3) is 5.77. The average Bonchev–Trinajstić information content (AvgIpc) is 3.07. The number of carbonyl (C=O) groups excluding carboxylic acids is 1. The van der Waals surface area contributed by atoms with Crippen LogP contribution in [0.1, 0.15) is 18.2 Å². The van der Waals surface area contributed by atoms with Crippen molar-refractivity contribution in [3.8, 4) is 6.07 Å². The van der Waals surface area contributed by atoms with Crippen molar-refractivity contribution in [2.24, 2.45) is 0 Å². The van der Waals surface area contributed by atoms with Gasteiger partial charge in [0.2, 0.25) is 0 Å². The predicted molar refractivity (Wildman–Crippen MR) is 120 cm³/mol. The molecule has 1 N–H and O–H groups in total. The number of amides is 1. The minimum Gasteiger partial charge on any atom is -0.449 e. The van der Waals surface area contributed by atoms with Gasteiger partial charge in [0.15, 0.2) is 5.09 Å². The van der Waals surface area contributed by atoms with Crippen molar-refractivity contribution < 1.29 is 9.21 Å². The number of hydrogen-bond acceptors (Lipinski definition) is 4. The summed E-state index contributed by atoms with van der Waals surface area (Å²) in [5.41, 5.74) is 1.76. The van der Waals surface area contributed by atoms with E-state index in [0.717, 1.165) is 15.8 Å². The summed E-state index contributed by atoms with van der Waals surface area (Å²) in [7, 11) is 0. The van der Waals surface area contributed by atoms with E-state index in [4.69, 9.17) is 16.0 Å². The maximum Gasteiger partial charge on any atom is 0.266 e. The Labute approximate surface area is 186 Å². The first-order valence-corrected chi connectivity index (χ1v) is 10.7. The Morgan fingerprint density at radius 2 is 1.93 bits per heavy atom. The fourth-order valence-electron chi connectivity index (χ4n) is 2.43. The van der Waals surface area contributed by atoms with E-state index in [-0.39, 0.29) is 5.57 Å². The summed E-state index contributed by atoms with van der Waals surface area (Å²) in [5.74, 6) is -0.0856. The van der Waals surface area contributed by atoms with Gasteiger partial charge in [-0.1, -0.05) is 42.4 Å². The van der Waals surface area contributed by atoms with Gasteiger partial charge in [0.1, 0.15) is 17.4 Å². The van der Waals surface area contributed by atoms with Gasteiger partial charge in [0, 0.05) is 21.7 Å². The Kier molecular flexibility index (Phi) is 7.21. The van der Waals surface area contributed by atoms with Crippen molar-refractivity contribution in [3.63, 3.8) is 0 Å². The molecule has 2 aromatic carbocycles. The van der Waals surface area contributed by atoms with Crippen LogP contribution in [0.4, 0.5) is 5.69 Å². The number of benzene rings is 2. The normalized spacial score (nSPS) is 11.2. The van der Waals surface area contributed by atoms with E-state index in [1.165, 1.54) is 23.4 Å². The summed E-state index contributed by atoms with van der Waals surface area (Å²) in [6, 6.07) is 18.5. The van der Waals surface area contributed by atoms with Gasteiger partial charge >= 0.3 is 0 Å². The largest absolute Gasteiger partial charge is 0.449 e. The zero-order valence-electron chi connectivity index (χ0n) is 15.4. The van der Waals surface area contributed by atoms with Gasteiger partial charge in [0.05, 0.1) is 4.47 Å². The maximum absolute atomic E-state index is 12.4. The van der Waals surface area contributed by atoms with Crippen LogP contribution >= 0.6 is 39.3 Å². The number of nitriles is 1. The third-order valence-electron chi connectivity index (χ3n) is 3.97. The number of nitrogens with zero attached hydrogens (tertiary/aromatic N) is 1. The molecule has 3 aromatic rings. The highest BCUT2D eigenvalue weighted by Gasteiger charge is 2.14. The molecule has 0 spiro atoms. The van der Waals surface area contributed by atoms with Crippen molar-refractivity contribution in [3.05, 3.63) is 81.0 Å². The molecule has 0 fully saturated rings. The summed E-state index contributed by atoms with van der Waals surface area (Å²) in [5, 5.41) is 13.4. The second-order valence-corrected chi connectivity index (χ2v) is 8.35. The molecule has 7 heteroatoms. The molecule has 0 aliphatic carbocycles. The van der Waals surface area contributed by atoms with Crippen LogP contribution in [-0.2, 0) is 11.2 Å². The van der Waals surface area contributed by atoms with Gasteiger partial charge < -0.3 is 9.73 Å². The number of nitrogens with one attached hydrogen (secondary N) is 1. The van der Waals surface area contributed by atoms with E-state index in [1.54, 1.807) is 18.2 Å². The molecule has 0 radical (unpaired) electrons. The summed E-state index contributed by atoms with van der Waals surface area (Å²) < 4.78 is 6.52. The predicted octanol–water partition coefficient (Wildman–Crippen LogP) is 6.95. The molecule has 29 heavy (non-hydrogen) atoms. The van der Waals surface area contributed by atoms with Crippen molar-refractivity contribution >= 4 is 57.0 Å². The quantitative estimate of drug-likeness (QED) is 0.302. The number of carbonyl (C=O) groups is 1. The minimum atomic E-state index is -0.490. The first-order valence-electron chi connectivity index (χ1n) is 8.73. The van der Waals surface area contributed by atoms with Crippen LogP contribution in [0.25, 0.3) is 6.08 Å². The molecular formula is C22H16BrClN2O2S. The summed E-state index contributed by atoms with van der Waals surface area (Å²) in [6.45, 7) is 2.06. The molecule has 0 aliphatic heterocycles. The molecule has 4 nitrogen and oxygen atoms in total. The Hall–Kier alpha value is -2.46. The van der Waals surface area contributed by atoms with Gasteiger partial charge in [-0.2, -0.15) is 5.26 Å². The highest BCUT2D eigenvalue weighted by molar-refractivity contribution is 9.10. The maximum atomic E-state index is 12.4. The van der Waals surface area contributed by atoms with Crippen molar-refractivity contribution in [1.82, 2.24) is 0 Å². The molecule has 1 heterocycles. The number of furan rings is 1. The SMILES string of the molecule is CCc1ccc(NC(=O)/C(C#N)=C\c2cc(Br)c(Sc3ccc(Cl)cc3)o2)cc1.